The lowest BCUT2D eigenvalue weighted by Crippen LogP contribution is -2.50. The molecule has 3 amide bonds. The van der Waals surface area contributed by atoms with E-state index in [-0.39, 0.29) is 49.8 Å². The average Bonchev–Trinajstić information content (AvgIpc) is 3.75. The number of carbonyl (C=O) groups is 4. The van der Waals surface area contributed by atoms with E-state index in [1.807, 2.05) is 0 Å². The maximum atomic E-state index is 13.8. The number of ketones is 1. The van der Waals surface area contributed by atoms with Crippen LogP contribution in [0.15, 0.2) is 36.4 Å². The number of benzene rings is 2. The first kappa shape index (κ1) is 27.6. The van der Waals surface area contributed by atoms with Gasteiger partial charge in [-0.05, 0) is 72.5 Å². The topological polar surface area (TPSA) is 154 Å². The van der Waals surface area contributed by atoms with Crippen molar-refractivity contribution in [1.29, 1.82) is 0 Å². The van der Waals surface area contributed by atoms with Crippen molar-refractivity contribution in [2.45, 2.75) is 63.9 Å². The molecule has 3 heterocycles. The van der Waals surface area contributed by atoms with Crippen molar-refractivity contribution in [1.82, 2.24) is 15.5 Å². The minimum absolute atomic E-state index is 0.0288. The van der Waals surface area contributed by atoms with Gasteiger partial charge < -0.3 is 34.9 Å². The van der Waals surface area contributed by atoms with Crippen LogP contribution in [0.1, 0.15) is 64.4 Å². The molecule has 41 heavy (non-hydrogen) atoms. The third kappa shape index (κ3) is 5.30. The van der Waals surface area contributed by atoms with Gasteiger partial charge in [-0.15, -0.1) is 0 Å². The summed E-state index contributed by atoms with van der Waals surface area (Å²) in [6.45, 7) is 2.14. The summed E-state index contributed by atoms with van der Waals surface area (Å²) >= 11 is 0. The molecule has 0 aromatic heterocycles. The predicted molar refractivity (Wildman–Crippen MR) is 148 cm³/mol. The normalized spacial score (nSPS) is 24.8. The molecule has 0 spiro atoms. The first-order valence-corrected chi connectivity index (χ1v) is 14.0. The first-order chi connectivity index (χ1) is 19.7. The van der Waals surface area contributed by atoms with E-state index in [0.29, 0.717) is 34.9 Å². The standard InChI is InChI=1S/C28H31B2N3O8/c1-15(34)21-3-2-4-24(21)32-27(36)25-11-20(31-26(35)16-5-7-18-13-40-29(38)22(18)9-16)12-33(25)28(37)17-6-8-19-14-41-30(39)23(19)10-17/h5-10,20-21,24-25,38-39H,2-4,11-14H2,1H3,(H,31,35)(H,32,36)/t20-,21-,24+,25+/m1/s1. The molecule has 1 aliphatic carbocycles. The number of carbonyl (C=O) groups excluding carboxylic acids is 4. The number of amides is 3. The average molecular weight is 559 g/mol. The van der Waals surface area contributed by atoms with Crippen LogP contribution in [0.3, 0.4) is 0 Å². The predicted octanol–water partition coefficient (Wildman–Crippen LogP) is -0.991. The molecule has 0 unspecified atom stereocenters. The van der Waals surface area contributed by atoms with E-state index in [2.05, 4.69) is 10.6 Å². The van der Waals surface area contributed by atoms with Gasteiger partial charge in [-0.3, -0.25) is 19.2 Å². The summed E-state index contributed by atoms with van der Waals surface area (Å²) in [5.74, 6) is -1.39. The number of fused-ring (bicyclic) bond motifs is 2. The van der Waals surface area contributed by atoms with E-state index in [0.717, 1.165) is 17.5 Å². The molecule has 2 aromatic carbocycles. The molecule has 1 saturated heterocycles. The number of likely N-dealkylation sites (tertiary alicyclic amines) is 1. The molecule has 4 aliphatic rings. The van der Waals surface area contributed by atoms with Gasteiger partial charge in [-0.25, -0.2) is 0 Å². The number of nitrogens with zero attached hydrogens (tertiary/aromatic N) is 1. The van der Waals surface area contributed by atoms with Crippen molar-refractivity contribution in [3.05, 3.63) is 58.7 Å². The van der Waals surface area contributed by atoms with Crippen LogP contribution in [-0.2, 0) is 32.1 Å². The molecule has 4 atom stereocenters. The van der Waals surface area contributed by atoms with E-state index in [4.69, 9.17) is 9.31 Å². The van der Waals surface area contributed by atoms with Gasteiger partial charge in [-0.2, -0.15) is 0 Å². The third-order valence-corrected chi connectivity index (χ3v) is 8.69. The molecule has 0 bridgehead atoms. The van der Waals surface area contributed by atoms with Crippen molar-refractivity contribution in [2.24, 2.45) is 5.92 Å². The lowest BCUT2D eigenvalue weighted by atomic mass is 9.78. The molecule has 1 saturated carbocycles. The maximum Gasteiger partial charge on any atom is 0.491 e. The summed E-state index contributed by atoms with van der Waals surface area (Å²) in [6.07, 6.45) is 2.43. The highest BCUT2D eigenvalue weighted by Gasteiger charge is 2.43. The van der Waals surface area contributed by atoms with Gasteiger partial charge in [0.15, 0.2) is 0 Å². The zero-order chi connectivity index (χ0) is 28.8. The van der Waals surface area contributed by atoms with E-state index >= 15 is 0 Å². The monoisotopic (exact) mass is 559 g/mol. The maximum absolute atomic E-state index is 13.8. The fourth-order valence-electron chi connectivity index (χ4n) is 6.45. The van der Waals surface area contributed by atoms with Crippen molar-refractivity contribution >= 4 is 48.7 Å². The summed E-state index contributed by atoms with van der Waals surface area (Å²) < 4.78 is 10.5. The van der Waals surface area contributed by atoms with Gasteiger partial charge in [0.1, 0.15) is 11.8 Å². The Labute approximate surface area is 237 Å². The summed E-state index contributed by atoms with van der Waals surface area (Å²) in [7, 11) is -2.21. The largest absolute Gasteiger partial charge is 0.491 e. The number of hydrogen-bond donors (Lipinski definition) is 4. The fraction of sp³-hybridized carbons (Fsp3) is 0.429. The lowest BCUT2D eigenvalue weighted by molar-refractivity contribution is -0.126. The zero-order valence-electron chi connectivity index (χ0n) is 22.7. The Kier molecular flexibility index (Phi) is 7.45. The van der Waals surface area contributed by atoms with E-state index in [9.17, 15) is 29.2 Å². The Balaban J connectivity index is 1.22. The highest BCUT2D eigenvalue weighted by atomic mass is 16.5. The number of hydrogen-bond acceptors (Lipinski definition) is 8. The van der Waals surface area contributed by atoms with Crippen LogP contribution in [0.4, 0.5) is 0 Å². The number of rotatable bonds is 6. The second-order valence-corrected chi connectivity index (χ2v) is 11.3. The second-order valence-electron chi connectivity index (χ2n) is 11.3. The van der Waals surface area contributed by atoms with Crippen LogP contribution < -0.4 is 21.6 Å². The molecule has 13 heteroatoms. The number of Topliss-reactive ketones (excluding diaryl/α,β-unsaturated/α-hetero) is 1. The molecular formula is C28H31B2N3O8. The molecule has 2 aromatic rings. The van der Waals surface area contributed by atoms with Gasteiger partial charge in [0, 0.05) is 35.7 Å². The molecule has 4 N–H and O–H groups in total. The van der Waals surface area contributed by atoms with E-state index in [1.54, 1.807) is 36.4 Å². The quantitative estimate of drug-likeness (QED) is 0.329. The Bertz CT molecular complexity index is 1420. The Morgan fingerprint density at radius 3 is 2.20 bits per heavy atom. The minimum Gasteiger partial charge on any atom is -0.423 e. The molecule has 11 nitrogen and oxygen atoms in total. The Morgan fingerprint density at radius 1 is 0.902 bits per heavy atom. The Hall–Kier alpha value is -3.51. The molecular weight excluding hydrogens is 528 g/mol. The highest BCUT2D eigenvalue weighted by molar-refractivity contribution is 6.62. The van der Waals surface area contributed by atoms with Gasteiger partial charge in [0.25, 0.3) is 11.8 Å². The van der Waals surface area contributed by atoms with Crippen molar-refractivity contribution < 1.29 is 38.5 Å². The number of nitrogens with one attached hydrogen (secondary N) is 2. The van der Waals surface area contributed by atoms with E-state index in [1.165, 1.54) is 11.8 Å². The lowest BCUT2D eigenvalue weighted by Gasteiger charge is -2.27. The van der Waals surface area contributed by atoms with Gasteiger partial charge in [0.2, 0.25) is 5.91 Å². The van der Waals surface area contributed by atoms with Crippen molar-refractivity contribution in [3.8, 4) is 0 Å². The Morgan fingerprint density at radius 2 is 1.54 bits per heavy atom. The van der Waals surface area contributed by atoms with Crippen LogP contribution in [0.2, 0.25) is 0 Å². The second kappa shape index (κ2) is 11.1. The van der Waals surface area contributed by atoms with Crippen LogP contribution >= 0.6 is 0 Å². The summed E-state index contributed by atoms with van der Waals surface area (Å²) in [5, 5.41) is 26.1. The first-order valence-electron chi connectivity index (χ1n) is 14.0. The molecule has 3 aliphatic heterocycles. The zero-order valence-corrected chi connectivity index (χ0v) is 22.7. The smallest absolute Gasteiger partial charge is 0.423 e. The minimum atomic E-state index is -1.12. The molecule has 2 fully saturated rings. The summed E-state index contributed by atoms with van der Waals surface area (Å²) in [6, 6.07) is 8.24. The summed E-state index contributed by atoms with van der Waals surface area (Å²) in [5.41, 5.74) is 3.28. The van der Waals surface area contributed by atoms with Gasteiger partial charge >= 0.3 is 14.2 Å². The SMILES string of the molecule is CC(=O)[C@H]1CCC[C@@H]1NC(=O)[C@@H]1C[C@@H](NC(=O)c2ccc3c(c2)B(O)OC3)CN1C(=O)c1ccc2c(c1)B(O)OC2. The fourth-order valence-corrected chi connectivity index (χ4v) is 6.45. The van der Waals surface area contributed by atoms with Gasteiger partial charge in [-0.1, -0.05) is 18.6 Å². The summed E-state index contributed by atoms with van der Waals surface area (Å²) in [4.78, 5) is 54.1. The van der Waals surface area contributed by atoms with Crippen LogP contribution in [0.25, 0.3) is 0 Å². The van der Waals surface area contributed by atoms with Crippen LogP contribution in [0, 0.1) is 5.92 Å². The van der Waals surface area contributed by atoms with Gasteiger partial charge in [0.05, 0.1) is 13.2 Å². The molecule has 6 rings (SSSR count). The van der Waals surface area contributed by atoms with Crippen molar-refractivity contribution in [2.75, 3.05) is 6.54 Å². The van der Waals surface area contributed by atoms with Crippen LogP contribution in [0.5, 0.6) is 0 Å². The molecule has 0 radical (unpaired) electrons. The third-order valence-electron chi connectivity index (χ3n) is 8.69. The molecule has 212 valence electrons. The highest BCUT2D eigenvalue weighted by Crippen LogP contribution is 2.28. The van der Waals surface area contributed by atoms with Crippen molar-refractivity contribution in [3.63, 3.8) is 0 Å². The van der Waals surface area contributed by atoms with Crippen LogP contribution in [-0.4, -0.2) is 77.4 Å². The van der Waals surface area contributed by atoms with E-state index < -0.39 is 38.1 Å².